The summed E-state index contributed by atoms with van der Waals surface area (Å²) in [7, 11) is 0. The van der Waals surface area contributed by atoms with Gasteiger partial charge in [0.05, 0.1) is 0 Å². The summed E-state index contributed by atoms with van der Waals surface area (Å²) < 4.78 is 25.2. The van der Waals surface area contributed by atoms with Crippen molar-refractivity contribution in [3.05, 3.63) is 0 Å². The number of alkyl halides is 2. The van der Waals surface area contributed by atoms with Gasteiger partial charge in [0, 0.05) is 17.9 Å². The first-order valence-corrected chi connectivity index (χ1v) is 4.65. The van der Waals surface area contributed by atoms with E-state index in [1.807, 2.05) is 0 Å². The molecular formula is C9H15F2N. The highest BCUT2D eigenvalue weighted by atomic mass is 19.3. The van der Waals surface area contributed by atoms with Crippen LogP contribution in [0.4, 0.5) is 8.78 Å². The summed E-state index contributed by atoms with van der Waals surface area (Å²) >= 11 is 0. The minimum absolute atomic E-state index is 0.00456. The molecule has 2 atom stereocenters. The second-order valence-electron chi connectivity index (χ2n) is 4.46. The van der Waals surface area contributed by atoms with Crippen molar-refractivity contribution < 1.29 is 8.78 Å². The van der Waals surface area contributed by atoms with Crippen molar-refractivity contribution in [3.63, 3.8) is 0 Å². The van der Waals surface area contributed by atoms with Gasteiger partial charge in [0.25, 0.3) is 5.92 Å². The smallest absolute Gasteiger partial charge is 0.251 e. The van der Waals surface area contributed by atoms with Gasteiger partial charge in [-0.1, -0.05) is 0 Å². The van der Waals surface area contributed by atoms with Crippen LogP contribution in [0.5, 0.6) is 0 Å². The Bertz CT molecular complexity index is 185. The van der Waals surface area contributed by atoms with E-state index in [0.717, 1.165) is 19.4 Å². The van der Waals surface area contributed by atoms with Gasteiger partial charge in [-0.3, -0.25) is 0 Å². The van der Waals surface area contributed by atoms with Crippen molar-refractivity contribution in [1.29, 1.82) is 0 Å². The van der Waals surface area contributed by atoms with Crippen molar-refractivity contribution in [2.75, 3.05) is 6.54 Å². The average Bonchev–Trinajstić information content (AvgIpc) is 2.43. The molecule has 1 N–H and O–H groups in total. The molecule has 0 aromatic heterocycles. The third-order valence-electron chi connectivity index (χ3n) is 3.11. The summed E-state index contributed by atoms with van der Waals surface area (Å²) in [6.07, 6.45) is 2.96. The van der Waals surface area contributed by atoms with Gasteiger partial charge in [-0.2, -0.15) is 0 Å². The van der Waals surface area contributed by atoms with E-state index < -0.39 is 5.92 Å². The average molecular weight is 175 g/mol. The second-order valence-corrected chi connectivity index (χ2v) is 4.46. The van der Waals surface area contributed by atoms with Gasteiger partial charge in [0.15, 0.2) is 0 Å². The Balaban J connectivity index is 1.87. The Kier molecular flexibility index (Phi) is 1.69. The third kappa shape index (κ3) is 1.47. The van der Waals surface area contributed by atoms with Gasteiger partial charge < -0.3 is 5.32 Å². The van der Waals surface area contributed by atoms with Crippen LogP contribution in [-0.2, 0) is 0 Å². The third-order valence-corrected chi connectivity index (χ3v) is 3.11. The van der Waals surface area contributed by atoms with Gasteiger partial charge in [-0.05, 0) is 32.7 Å². The van der Waals surface area contributed by atoms with Gasteiger partial charge in [0.1, 0.15) is 0 Å². The summed E-state index contributed by atoms with van der Waals surface area (Å²) in [5.41, 5.74) is 0.00456. The maximum absolute atomic E-state index is 12.6. The molecule has 1 nitrogen and oxygen atoms in total. The highest BCUT2D eigenvalue weighted by molar-refractivity contribution is 5.02. The second kappa shape index (κ2) is 2.41. The number of nitrogens with one attached hydrogen (secondary N) is 1. The topological polar surface area (TPSA) is 12.0 Å². The first-order chi connectivity index (χ1) is 5.52. The molecule has 1 aliphatic carbocycles. The molecule has 1 heterocycles. The summed E-state index contributed by atoms with van der Waals surface area (Å²) in [5, 5.41) is 3.31. The van der Waals surface area contributed by atoms with E-state index >= 15 is 0 Å². The lowest BCUT2D eigenvalue weighted by Gasteiger charge is -2.23. The van der Waals surface area contributed by atoms with Crippen LogP contribution >= 0.6 is 0 Å². The van der Waals surface area contributed by atoms with Crippen molar-refractivity contribution in [3.8, 4) is 0 Å². The van der Waals surface area contributed by atoms with Crippen molar-refractivity contribution in [2.24, 2.45) is 5.92 Å². The largest absolute Gasteiger partial charge is 0.312 e. The van der Waals surface area contributed by atoms with Crippen LogP contribution < -0.4 is 5.32 Å². The highest BCUT2D eigenvalue weighted by Gasteiger charge is 2.58. The monoisotopic (exact) mass is 175 g/mol. The van der Waals surface area contributed by atoms with Crippen molar-refractivity contribution in [1.82, 2.24) is 5.32 Å². The molecule has 1 aliphatic heterocycles. The summed E-state index contributed by atoms with van der Waals surface area (Å²) in [4.78, 5) is 0. The molecule has 0 amide bonds. The molecule has 1 saturated carbocycles. The molecule has 2 rings (SSSR count). The molecule has 2 aliphatic rings. The van der Waals surface area contributed by atoms with Crippen LogP contribution in [0.25, 0.3) is 0 Å². The quantitative estimate of drug-likeness (QED) is 0.678. The van der Waals surface area contributed by atoms with E-state index in [0.29, 0.717) is 6.42 Å². The molecule has 12 heavy (non-hydrogen) atoms. The predicted molar refractivity (Wildman–Crippen MR) is 43.3 cm³/mol. The van der Waals surface area contributed by atoms with Gasteiger partial charge in [-0.25, -0.2) is 8.78 Å². The Morgan fingerprint density at radius 2 is 2.17 bits per heavy atom. The summed E-state index contributed by atoms with van der Waals surface area (Å²) in [6.45, 7) is 3.06. The minimum atomic E-state index is -2.34. The summed E-state index contributed by atoms with van der Waals surface area (Å²) in [5.74, 6) is -2.68. The first-order valence-electron chi connectivity index (χ1n) is 4.65. The fourth-order valence-corrected chi connectivity index (χ4v) is 2.17. The van der Waals surface area contributed by atoms with E-state index in [1.54, 1.807) is 0 Å². The minimum Gasteiger partial charge on any atom is -0.312 e. The number of rotatable bonds is 2. The van der Waals surface area contributed by atoms with Gasteiger partial charge >= 0.3 is 0 Å². The lowest BCUT2D eigenvalue weighted by Crippen LogP contribution is -2.37. The van der Waals surface area contributed by atoms with Gasteiger partial charge in [-0.15, -0.1) is 0 Å². The van der Waals surface area contributed by atoms with E-state index in [1.165, 1.54) is 0 Å². The zero-order valence-corrected chi connectivity index (χ0v) is 7.37. The molecule has 0 bridgehead atoms. The molecule has 0 spiro atoms. The SMILES string of the molecule is CC1(CC2CC2(F)F)CCCN1. The molecule has 1 saturated heterocycles. The van der Waals surface area contributed by atoms with E-state index in [2.05, 4.69) is 12.2 Å². The van der Waals surface area contributed by atoms with Crippen LogP contribution in [0, 0.1) is 5.92 Å². The Morgan fingerprint density at radius 1 is 1.50 bits per heavy atom. The number of halogens is 2. The Labute approximate surface area is 71.5 Å². The fourth-order valence-electron chi connectivity index (χ4n) is 2.17. The van der Waals surface area contributed by atoms with Crippen LogP contribution in [0.15, 0.2) is 0 Å². The standard InChI is InChI=1S/C9H15F2N/c1-8(3-2-4-12-8)5-7-6-9(7,10)11/h7,12H,2-6H2,1H3. The zero-order valence-electron chi connectivity index (χ0n) is 7.37. The molecule has 0 aromatic carbocycles. The molecule has 0 radical (unpaired) electrons. The Morgan fingerprint density at radius 3 is 2.58 bits per heavy atom. The molecule has 3 heteroatoms. The summed E-state index contributed by atoms with van der Waals surface area (Å²) in [6, 6.07) is 0. The van der Waals surface area contributed by atoms with Crippen LogP contribution in [0.1, 0.15) is 32.6 Å². The van der Waals surface area contributed by atoms with E-state index in [4.69, 9.17) is 0 Å². The maximum Gasteiger partial charge on any atom is 0.251 e. The predicted octanol–water partition coefficient (Wildman–Crippen LogP) is 2.17. The molecular weight excluding hydrogens is 160 g/mol. The maximum atomic E-state index is 12.6. The lowest BCUT2D eigenvalue weighted by atomic mass is 9.93. The first kappa shape index (κ1) is 8.42. The molecule has 2 unspecified atom stereocenters. The van der Waals surface area contributed by atoms with Crippen molar-refractivity contribution >= 4 is 0 Å². The number of hydrogen-bond acceptors (Lipinski definition) is 1. The fraction of sp³-hybridized carbons (Fsp3) is 1.00. The van der Waals surface area contributed by atoms with E-state index in [9.17, 15) is 8.78 Å². The van der Waals surface area contributed by atoms with Crippen LogP contribution in [0.3, 0.4) is 0 Å². The molecule has 0 aromatic rings. The van der Waals surface area contributed by atoms with E-state index in [-0.39, 0.29) is 17.9 Å². The molecule has 2 fully saturated rings. The lowest BCUT2D eigenvalue weighted by molar-refractivity contribution is 0.0904. The van der Waals surface area contributed by atoms with Crippen LogP contribution in [-0.4, -0.2) is 18.0 Å². The van der Waals surface area contributed by atoms with Crippen molar-refractivity contribution in [2.45, 2.75) is 44.1 Å². The Hall–Kier alpha value is -0.180. The molecule has 70 valence electrons. The highest BCUT2D eigenvalue weighted by Crippen LogP contribution is 2.53. The normalized spacial score (nSPS) is 44.8. The van der Waals surface area contributed by atoms with Gasteiger partial charge in [0.2, 0.25) is 0 Å². The number of hydrogen-bond donors (Lipinski definition) is 1. The van der Waals surface area contributed by atoms with Crippen LogP contribution in [0.2, 0.25) is 0 Å². The zero-order chi connectivity index (χ0) is 8.82.